The molecule has 0 aliphatic heterocycles. The fourth-order valence-corrected chi connectivity index (χ4v) is 3.29. The van der Waals surface area contributed by atoms with Crippen LogP contribution in [0, 0.1) is 11.6 Å². The summed E-state index contributed by atoms with van der Waals surface area (Å²) in [7, 11) is -3.93. The lowest BCUT2D eigenvalue weighted by atomic mass is 9.97. The van der Waals surface area contributed by atoms with E-state index < -0.39 is 33.0 Å². The Labute approximate surface area is 133 Å². The van der Waals surface area contributed by atoms with Gasteiger partial charge in [0.25, 0.3) is 0 Å². The van der Waals surface area contributed by atoms with Gasteiger partial charge in [-0.05, 0) is 30.7 Å². The Bertz CT molecular complexity index is 777. The van der Waals surface area contributed by atoms with Crippen LogP contribution in [0.2, 0.25) is 0 Å². The van der Waals surface area contributed by atoms with Crippen molar-refractivity contribution in [2.45, 2.75) is 18.3 Å². The zero-order valence-electron chi connectivity index (χ0n) is 12.5. The van der Waals surface area contributed by atoms with Crippen LogP contribution in [0.1, 0.15) is 18.1 Å². The van der Waals surface area contributed by atoms with Crippen molar-refractivity contribution in [1.29, 1.82) is 0 Å². The van der Waals surface area contributed by atoms with Crippen molar-refractivity contribution in [2.24, 2.45) is 0 Å². The van der Waals surface area contributed by atoms with Crippen molar-refractivity contribution in [3.63, 3.8) is 0 Å². The summed E-state index contributed by atoms with van der Waals surface area (Å²) in [5.41, 5.74) is -1.15. The molecule has 124 valence electrons. The number of rotatable bonds is 6. The molecule has 0 aliphatic rings. The van der Waals surface area contributed by atoms with E-state index in [-0.39, 0.29) is 12.1 Å². The third-order valence-corrected chi connectivity index (χ3v) is 4.66. The van der Waals surface area contributed by atoms with Crippen LogP contribution in [-0.2, 0) is 21.4 Å². The van der Waals surface area contributed by atoms with Crippen LogP contribution < -0.4 is 4.72 Å². The van der Waals surface area contributed by atoms with Gasteiger partial charge in [-0.15, -0.1) is 0 Å². The Hall–Kier alpha value is -1.83. The zero-order chi connectivity index (χ0) is 17.1. The van der Waals surface area contributed by atoms with Crippen molar-refractivity contribution in [1.82, 2.24) is 4.72 Å². The average molecular weight is 341 g/mol. The fourth-order valence-electron chi connectivity index (χ4n) is 2.06. The van der Waals surface area contributed by atoms with E-state index in [1.807, 2.05) is 0 Å². The van der Waals surface area contributed by atoms with Gasteiger partial charge < -0.3 is 5.11 Å². The lowest BCUT2D eigenvalue weighted by molar-refractivity contribution is 0.0627. The summed E-state index contributed by atoms with van der Waals surface area (Å²) in [5.74, 6) is -2.22. The van der Waals surface area contributed by atoms with Gasteiger partial charge in [-0.2, -0.15) is 0 Å². The van der Waals surface area contributed by atoms with Gasteiger partial charge in [0.2, 0.25) is 10.0 Å². The number of halogens is 2. The van der Waals surface area contributed by atoms with E-state index in [1.54, 1.807) is 30.3 Å². The number of sulfonamides is 1. The molecule has 1 atom stereocenters. The molecule has 23 heavy (non-hydrogen) atoms. The summed E-state index contributed by atoms with van der Waals surface area (Å²) < 4.78 is 52.9. The van der Waals surface area contributed by atoms with E-state index >= 15 is 0 Å². The number of nitrogens with one attached hydrogen (secondary N) is 1. The Kier molecular flexibility index (Phi) is 5.13. The number of hydrogen-bond donors (Lipinski definition) is 2. The van der Waals surface area contributed by atoms with E-state index in [4.69, 9.17) is 0 Å². The van der Waals surface area contributed by atoms with Crippen molar-refractivity contribution < 1.29 is 22.3 Å². The molecule has 0 bridgehead atoms. The number of benzene rings is 2. The van der Waals surface area contributed by atoms with Crippen molar-refractivity contribution in [3.8, 4) is 0 Å². The molecule has 0 amide bonds. The van der Waals surface area contributed by atoms with Crippen molar-refractivity contribution in [2.75, 3.05) is 6.54 Å². The van der Waals surface area contributed by atoms with Gasteiger partial charge in [0.05, 0.1) is 5.75 Å². The van der Waals surface area contributed by atoms with Gasteiger partial charge in [0, 0.05) is 12.1 Å². The first kappa shape index (κ1) is 17.5. The summed E-state index contributed by atoms with van der Waals surface area (Å²) in [6.07, 6.45) is 0. The van der Waals surface area contributed by atoms with Gasteiger partial charge in [-0.1, -0.05) is 30.3 Å². The molecule has 0 radical (unpaired) electrons. The molecule has 2 N–H and O–H groups in total. The highest BCUT2D eigenvalue weighted by Gasteiger charge is 2.25. The first-order chi connectivity index (χ1) is 10.7. The molecule has 0 spiro atoms. The second kappa shape index (κ2) is 6.74. The summed E-state index contributed by atoms with van der Waals surface area (Å²) in [6, 6.07) is 11.2. The van der Waals surface area contributed by atoms with Gasteiger partial charge in [-0.25, -0.2) is 21.9 Å². The predicted octanol–water partition coefficient (Wildman–Crippen LogP) is 2.29. The third-order valence-electron chi connectivity index (χ3n) is 3.39. The van der Waals surface area contributed by atoms with Gasteiger partial charge >= 0.3 is 0 Å². The molecule has 0 aliphatic carbocycles. The molecule has 1 unspecified atom stereocenters. The van der Waals surface area contributed by atoms with Gasteiger partial charge in [-0.3, -0.25) is 0 Å². The molecule has 0 aromatic heterocycles. The van der Waals surface area contributed by atoms with Crippen LogP contribution in [0.15, 0.2) is 48.5 Å². The van der Waals surface area contributed by atoms with Crippen LogP contribution in [0.3, 0.4) is 0 Å². The highest BCUT2D eigenvalue weighted by Crippen LogP contribution is 2.20. The lowest BCUT2D eigenvalue weighted by Crippen LogP contribution is -2.39. The Balaban J connectivity index is 2.08. The smallest absolute Gasteiger partial charge is 0.215 e. The fraction of sp³-hybridized carbons (Fsp3) is 0.250. The second-order valence-corrected chi connectivity index (χ2v) is 7.26. The molecule has 7 heteroatoms. The normalized spacial score (nSPS) is 14.4. The summed E-state index contributed by atoms with van der Waals surface area (Å²) in [5, 5.41) is 10.4. The SMILES string of the molecule is CC(O)(CNS(=O)(=O)Cc1cc(F)ccc1F)c1ccccc1. The Morgan fingerprint density at radius 2 is 1.78 bits per heavy atom. The third kappa shape index (κ3) is 4.82. The van der Waals surface area contributed by atoms with Crippen LogP contribution in [0.25, 0.3) is 0 Å². The van der Waals surface area contributed by atoms with Gasteiger partial charge in [0.1, 0.15) is 17.2 Å². The molecular formula is C16H17F2NO3S. The quantitative estimate of drug-likeness (QED) is 0.847. The van der Waals surface area contributed by atoms with E-state index in [2.05, 4.69) is 4.72 Å². The molecule has 2 rings (SSSR count). The van der Waals surface area contributed by atoms with Crippen LogP contribution in [0.5, 0.6) is 0 Å². The molecular weight excluding hydrogens is 324 g/mol. The topological polar surface area (TPSA) is 66.4 Å². The standard InChI is InChI=1S/C16H17F2NO3S/c1-16(20,13-5-3-2-4-6-13)11-19-23(21,22)10-12-9-14(17)7-8-15(12)18/h2-9,19-20H,10-11H2,1H3. The lowest BCUT2D eigenvalue weighted by Gasteiger charge is -2.24. The minimum atomic E-state index is -3.93. The average Bonchev–Trinajstić information content (AvgIpc) is 2.50. The molecule has 0 saturated carbocycles. The molecule has 0 heterocycles. The molecule has 0 saturated heterocycles. The monoisotopic (exact) mass is 341 g/mol. The zero-order valence-corrected chi connectivity index (χ0v) is 13.3. The van der Waals surface area contributed by atoms with Crippen molar-refractivity contribution in [3.05, 3.63) is 71.3 Å². The molecule has 0 fully saturated rings. The maximum atomic E-state index is 13.5. The summed E-state index contributed by atoms with van der Waals surface area (Å²) >= 11 is 0. The minimum Gasteiger partial charge on any atom is -0.384 e. The molecule has 2 aromatic rings. The molecule has 4 nitrogen and oxygen atoms in total. The van der Waals surface area contributed by atoms with Crippen molar-refractivity contribution >= 4 is 10.0 Å². The van der Waals surface area contributed by atoms with E-state index in [0.717, 1.165) is 18.2 Å². The van der Waals surface area contributed by atoms with Crippen LogP contribution in [0.4, 0.5) is 8.78 Å². The minimum absolute atomic E-state index is 0.267. The maximum absolute atomic E-state index is 13.5. The molecule has 2 aromatic carbocycles. The Morgan fingerprint density at radius 1 is 1.13 bits per heavy atom. The first-order valence-corrected chi connectivity index (χ1v) is 8.54. The highest BCUT2D eigenvalue weighted by molar-refractivity contribution is 7.88. The first-order valence-electron chi connectivity index (χ1n) is 6.89. The van der Waals surface area contributed by atoms with E-state index in [0.29, 0.717) is 5.56 Å². The summed E-state index contributed by atoms with van der Waals surface area (Å²) in [4.78, 5) is 0. The summed E-state index contributed by atoms with van der Waals surface area (Å²) in [6.45, 7) is 1.18. The van der Waals surface area contributed by atoms with Crippen LogP contribution in [-0.4, -0.2) is 20.1 Å². The van der Waals surface area contributed by atoms with Gasteiger partial charge in [0.15, 0.2) is 0 Å². The maximum Gasteiger partial charge on any atom is 0.215 e. The second-order valence-electron chi connectivity index (χ2n) is 5.46. The largest absolute Gasteiger partial charge is 0.384 e. The number of hydrogen-bond acceptors (Lipinski definition) is 3. The predicted molar refractivity (Wildman–Crippen MR) is 83.0 cm³/mol. The highest BCUT2D eigenvalue weighted by atomic mass is 32.2. The number of aliphatic hydroxyl groups is 1. The van der Waals surface area contributed by atoms with E-state index in [9.17, 15) is 22.3 Å². The van der Waals surface area contributed by atoms with Crippen LogP contribution >= 0.6 is 0 Å². The van der Waals surface area contributed by atoms with E-state index in [1.165, 1.54) is 6.92 Å². The Morgan fingerprint density at radius 3 is 2.43 bits per heavy atom.